The van der Waals surface area contributed by atoms with Crippen LogP contribution in [0.25, 0.3) is 0 Å². The molecule has 0 aliphatic carbocycles. The van der Waals surface area contributed by atoms with Gasteiger partial charge in [-0.15, -0.1) is 0 Å². The standard InChI is InChI=1S/C32H51N3O2/c1-5-8-10-17-30(27-37-26-28(7-3)15-9-6-2)18-12-11-16-29-19-13-23-35(24-20-29)25-31-32(36-4)34-22-14-21-33-31/h5,8,10-12,14,17,22,27-29H,6-7,9,13,15-16,18-21,23-26H2,1-4H3/b8-5-,12-11+,17-10-,30-27-. The van der Waals surface area contributed by atoms with E-state index in [-0.39, 0.29) is 0 Å². The molecule has 2 aliphatic rings. The second-order valence-electron chi connectivity index (χ2n) is 10.1. The maximum Gasteiger partial charge on any atom is 0.236 e. The lowest BCUT2D eigenvalue weighted by molar-refractivity contribution is 0.181. The molecule has 0 aromatic carbocycles. The first-order valence-corrected chi connectivity index (χ1v) is 14.5. The van der Waals surface area contributed by atoms with Gasteiger partial charge in [0.15, 0.2) is 0 Å². The molecule has 0 spiro atoms. The normalized spacial score (nSPS) is 20.8. The van der Waals surface area contributed by atoms with Crippen LogP contribution >= 0.6 is 0 Å². The summed E-state index contributed by atoms with van der Waals surface area (Å²) in [6.07, 6.45) is 29.6. The van der Waals surface area contributed by atoms with Gasteiger partial charge < -0.3 is 9.47 Å². The summed E-state index contributed by atoms with van der Waals surface area (Å²) in [4.78, 5) is 11.6. The van der Waals surface area contributed by atoms with Crippen LogP contribution in [0.2, 0.25) is 0 Å². The highest BCUT2D eigenvalue weighted by molar-refractivity contribution is 6.40. The van der Waals surface area contributed by atoms with E-state index in [1.54, 1.807) is 13.3 Å². The number of ether oxygens (including phenoxy) is 2. The zero-order chi connectivity index (χ0) is 26.6. The van der Waals surface area contributed by atoms with Gasteiger partial charge in [0.2, 0.25) is 5.90 Å². The van der Waals surface area contributed by atoms with Gasteiger partial charge in [0, 0.05) is 12.7 Å². The zero-order valence-electron chi connectivity index (χ0n) is 23.9. The van der Waals surface area contributed by atoms with Crippen molar-refractivity contribution in [1.82, 2.24) is 4.90 Å². The molecule has 0 aromatic heterocycles. The van der Waals surface area contributed by atoms with Crippen LogP contribution in [0.15, 0.2) is 70.6 Å². The van der Waals surface area contributed by atoms with Gasteiger partial charge in [0.05, 0.1) is 26.5 Å². The first-order valence-electron chi connectivity index (χ1n) is 14.5. The molecule has 37 heavy (non-hydrogen) atoms. The summed E-state index contributed by atoms with van der Waals surface area (Å²) in [5.41, 5.74) is 2.19. The Morgan fingerprint density at radius 2 is 2.08 bits per heavy atom. The molecule has 2 rings (SSSR count). The van der Waals surface area contributed by atoms with Crippen LogP contribution in [0, 0.1) is 11.8 Å². The van der Waals surface area contributed by atoms with Crippen LogP contribution in [0.3, 0.4) is 0 Å². The molecule has 2 unspecified atom stereocenters. The monoisotopic (exact) mass is 509 g/mol. The van der Waals surface area contributed by atoms with E-state index in [1.165, 1.54) is 50.5 Å². The Morgan fingerprint density at radius 1 is 1.19 bits per heavy atom. The van der Waals surface area contributed by atoms with Crippen LogP contribution in [-0.4, -0.2) is 56.4 Å². The van der Waals surface area contributed by atoms with Crippen molar-refractivity contribution < 1.29 is 9.47 Å². The number of aliphatic imine (C=N–C) groups is 2. The summed E-state index contributed by atoms with van der Waals surface area (Å²) in [5, 5.41) is 0. The minimum Gasteiger partial charge on any atom is -0.501 e. The molecule has 1 saturated heterocycles. The van der Waals surface area contributed by atoms with Crippen molar-refractivity contribution in [2.24, 2.45) is 21.8 Å². The van der Waals surface area contributed by atoms with Crippen molar-refractivity contribution in [3.8, 4) is 0 Å². The summed E-state index contributed by atoms with van der Waals surface area (Å²) in [6, 6.07) is 0. The summed E-state index contributed by atoms with van der Waals surface area (Å²) in [7, 11) is 1.68. The van der Waals surface area contributed by atoms with E-state index in [9.17, 15) is 0 Å². The van der Waals surface area contributed by atoms with Crippen molar-refractivity contribution in [2.75, 3.05) is 39.9 Å². The van der Waals surface area contributed by atoms with Gasteiger partial charge in [0.25, 0.3) is 0 Å². The maximum atomic E-state index is 6.03. The Balaban J connectivity index is 1.81. The molecule has 206 valence electrons. The Bertz CT molecular complexity index is 835. The van der Waals surface area contributed by atoms with Crippen molar-refractivity contribution >= 4 is 11.6 Å². The fraction of sp³-hybridized carbons (Fsp3) is 0.625. The van der Waals surface area contributed by atoms with Crippen LogP contribution in [-0.2, 0) is 9.47 Å². The molecular weight excluding hydrogens is 458 g/mol. The molecule has 0 radical (unpaired) electrons. The molecule has 2 atom stereocenters. The largest absolute Gasteiger partial charge is 0.501 e. The maximum absolute atomic E-state index is 6.03. The summed E-state index contributed by atoms with van der Waals surface area (Å²) in [6.45, 7) is 11.1. The summed E-state index contributed by atoms with van der Waals surface area (Å²) in [5.74, 6) is 2.04. The van der Waals surface area contributed by atoms with E-state index in [0.717, 1.165) is 50.7 Å². The fourth-order valence-corrected chi connectivity index (χ4v) is 4.73. The van der Waals surface area contributed by atoms with Crippen molar-refractivity contribution in [3.05, 3.63) is 60.6 Å². The van der Waals surface area contributed by atoms with E-state index in [1.807, 2.05) is 19.3 Å². The van der Waals surface area contributed by atoms with Gasteiger partial charge in [-0.3, -0.25) is 9.89 Å². The molecular formula is C32H51N3O2. The van der Waals surface area contributed by atoms with Gasteiger partial charge >= 0.3 is 0 Å². The van der Waals surface area contributed by atoms with E-state index >= 15 is 0 Å². The van der Waals surface area contributed by atoms with E-state index < -0.39 is 0 Å². The predicted octanol–water partition coefficient (Wildman–Crippen LogP) is 7.69. The third-order valence-corrected chi connectivity index (χ3v) is 7.15. The highest BCUT2D eigenvalue weighted by Gasteiger charge is 2.20. The van der Waals surface area contributed by atoms with E-state index in [2.05, 4.69) is 65.2 Å². The number of rotatable bonds is 15. The number of allylic oxidation sites excluding steroid dienone is 7. The lowest BCUT2D eigenvalue weighted by atomic mass is 9.96. The van der Waals surface area contributed by atoms with E-state index in [0.29, 0.717) is 18.4 Å². The number of hydrogen-bond donors (Lipinski definition) is 0. The SMILES string of the molecule is C\C=C/C=C\C(=C\OCC(CC)CCCC)C/C=C/CC1CCCN(CC2=NCC=CN=C2OC)CC1. The highest BCUT2D eigenvalue weighted by atomic mass is 16.5. The molecule has 0 N–H and O–H groups in total. The summed E-state index contributed by atoms with van der Waals surface area (Å²) < 4.78 is 11.5. The van der Waals surface area contributed by atoms with Gasteiger partial charge in [-0.1, -0.05) is 69.6 Å². The third-order valence-electron chi connectivity index (χ3n) is 7.15. The molecule has 2 aliphatic heterocycles. The quantitative estimate of drug-likeness (QED) is 0.129. The van der Waals surface area contributed by atoms with Gasteiger partial charge in [-0.05, 0) is 82.0 Å². The second-order valence-corrected chi connectivity index (χ2v) is 10.1. The fourth-order valence-electron chi connectivity index (χ4n) is 4.73. The number of nitrogens with zero attached hydrogens (tertiary/aromatic N) is 3. The summed E-state index contributed by atoms with van der Waals surface area (Å²) >= 11 is 0. The van der Waals surface area contributed by atoms with Crippen LogP contribution in [0.5, 0.6) is 0 Å². The first-order chi connectivity index (χ1) is 18.2. The zero-order valence-corrected chi connectivity index (χ0v) is 23.9. The molecule has 0 saturated carbocycles. The van der Waals surface area contributed by atoms with Crippen molar-refractivity contribution in [2.45, 2.75) is 78.6 Å². The number of likely N-dealkylation sites (tertiary alicyclic amines) is 1. The molecule has 0 amide bonds. The van der Waals surface area contributed by atoms with Gasteiger partial charge in [-0.2, -0.15) is 0 Å². The third kappa shape index (κ3) is 13.1. The minimum absolute atomic E-state index is 0.653. The second kappa shape index (κ2) is 19.7. The lowest BCUT2D eigenvalue weighted by Crippen LogP contribution is -2.35. The Kier molecular flexibility index (Phi) is 16.4. The molecule has 0 aromatic rings. The van der Waals surface area contributed by atoms with Crippen LogP contribution < -0.4 is 0 Å². The average molecular weight is 510 g/mol. The number of hydrogen-bond acceptors (Lipinski definition) is 5. The van der Waals surface area contributed by atoms with Gasteiger partial charge in [-0.25, -0.2) is 4.99 Å². The number of unbranched alkanes of at least 4 members (excludes halogenated alkanes) is 1. The highest BCUT2D eigenvalue weighted by Crippen LogP contribution is 2.22. The predicted molar refractivity (Wildman–Crippen MR) is 159 cm³/mol. The molecule has 5 nitrogen and oxygen atoms in total. The van der Waals surface area contributed by atoms with Crippen molar-refractivity contribution in [1.29, 1.82) is 0 Å². The Labute approximate surface area is 226 Å². The van der Waals surface area contributed by atoms with Crippen LogP contribution in [0.1, 0.15) is 78.6 Å². The molecule has 2 heterocycles. The van der Waals surface area contributed by atoms with E-state index in [4.69, 9.17) is 9.47 Å². The average Bonchev–Trinajstić information content (AvgIpc) is 3.28. The topological polar surface area (TPSA) is 46.4 Å². The molecule has 0 bridgehead atoms. The Hall–Kier alpha value is -2.40. The first kappa shape index (κ1) is 30.8. The number of methoxy groups -OCH3 is 1. The van der Waals surface area contributed by atoms with Crippen LogP contribution in [0.4, 0.5) is 0 Å². The molecule has 1 fully saturated rings. The van der Waals surface area contributed by atoms with Gasteiger partial charge in [0.1, 0.15) is 5.71 Å². The lowest BCUT2D eigenvalue weighted by Gasteiger charge is -2.21. The smallest absolute Gasteiger partial charge is 0.236 e. The van der Waals surface area contributed by atoms with Crippen molar-refractivity contribution in [3.63, 3.8) is 0 Å². The minimum atomic E-state index is 0.653. The molecule has 5 heteroatoms. The Morgan fingerprint density at radius 3 is 2.86 bits per heavy atom.